The Hall–Kier alpha value is -1.94. The molecular formula is C19H23NO2S. The van der Waals surface area contributed by atoms with Crippen LogP contribution in [0, 0.1) is 0 Å². The maximum absolute atomic E-state index is 12.4. The lowest BCUT2D eigenvalue weighted by molar-refractivity contribution is 0.0948. The Morgan fingerprint density at radius 3 is 2.48 bits per heavy atom. The van der Waals surface area contributed by atoms with Gasteiger partial charge in [0.2, 0.25) is 0 Å². The van der Waals surface area contributed by atoms with Crippen LogP contribution in [-0.4, -0.2) is 17.8 Å². The maximum Gasteiger partial charge on any atom is 0.252 e. The lowest BCUT2D eigenvalue weighted by Gasteiger charge is -2.12. The zero-order chi connectivity index (χ0) is 16.7. The quantitative estimate of drug-likeness (QED) is 0.759. The fourth-order valence-electron chi connectivity index (χ4n) is 2.16. The van der Waals surface area contributed by atoms with Gasteiger partial charge in [0, 0.05) is 16.7 Å². The Balaban J connectivity index is 1.99. The van der Waals surface area contributed by atoms with Crippen LogP contribution in [0.2, 0.25) is 0 Å². The van der Waals surface area contributed by atoms with E-state index < -0.39 is 0 Å². The second-order valence-corrected chi connectivity index (χ2v) is 7.04. The molecule has 2 aromatic carbocycles. The molecule has 0 aliphatic rings. The first-order valence-corrected chi connectivity index (χ1v) is 8.73. The summed E-state index contributed by atoms with van der Waals surface area (Å²) in [6.45, 7) is 7.37. The number of hydrogen-bond acceptors (Lipinski definition) is 3. The third-order valence-corrected chi connectivity index (χ3v) is 4.26. The van der Waals surface area contributed by atoms with E-state index >= 15 is 0 Å². The molecule has 2 rings (SSSR count). The monoisotopic (exact) mass is 329 g/mol. The smallest absolute Gasteiger partial charge is 0.252 e. The van der Waals surface area contributed by atoms with Crippen LogP contribution in [0.25, 0.3) is 0 Å². The fraction of sp³-hybridized carbons (Fsp3) is 0.316. The van der Waals surface area contributed by atoms with E-state index in [4.69, 9.17) is 4.74 Å². The molecule has 1 N–H and O–H groups in total. The molecule has 0 aliphatic carbocycles. The zero-order valence-electron chi connectivity index (χ0n) is 13.8. The van der Waals surface area contributed by atoms with E-state index in [1.54, 1.807) is 11.8 Å². The van der Waals surface area contributed by atoms with Crippen LogP contribution in [0.4, 0.5) is 0 Å². The van der Waals surface area contributed by atoms with Crippen molar-refractivity contribution in [3.8, 4) is 5.75 Å². The predicted molar refractivity (Wildman–Crippen MR) is 96.2 cm³/mol. The van der Waals surface area contributed by atoms with E-state index in [0.717, 1.165) is 21.8 Å². The Labute approximate surface area is 142 Å². The van der Waals surface area contributed by atoms with E-state index in [1.807, 2.05) is 55.5 Å². The first kappa shape index (κ1) is 17.4. The second-order valence-electron chi connectivity index (χ2n) is 5.42. The van der Waals surface area contributed by atoms with Crippen LogP contribution >= 0.6 is 11.8 Å². The van der Waals surface area contributed by atoms with Gasteiger partial charge in [-0.1, -0.05) is 38.1 Å². The summed E-state index contributed by atoms with van der Waals surface area (Å²) in [7, 11) is 0. The highest BCUT2D eigenvalue weighted by Gasteiger charge is 2.12. The van der Waals surface area contributed by atoms with E-state index in [2.05, 4.69) is 19.2 Å². The molecule has 23 heavy (non-hydrogen) atoms. The number of ether oxygens (including phenoxy) is 1. The van der Waals surface area contributed by atoms with Crippen LogP contribution in [0.15, 0.2) is 53.4 Å². The van der Waals surface area contributed by atoms with Gasteiger partial charge in [0.25, 0.3) is 5.91 Å². The SMILES string of the molecule is CCOc1ccc(CNC(=O)c2ccccc2SC(C)C)cc1. The molecular weight excluding hydrogens is 306 g/mol. The van der Waals surface area contributed by atoms with E-state index in [0.29, 0.717) is 18.4 Å². The maximum atomic E-state index is 12.4. The summed E-state index contributed by atoms with van der Waals surface area (Å²) < 4.78 is 5.42. The molecule has 0 aliphatic heterocycles. The molecule has 0 unspecified atom stereocenters. The first-order chi connectivity index (χ1) is 11.1. The highest BCUT2D eigenvalue weighted by molar-refractivity contribution is 8.00. The third-order valence-electron chi connectivity index (χ3n) is 3.18. The van der Waals surface area contributed by atoms with Crippen molar-refractivity contribution in [3.63, 3.8) is 0 Å². The number of hydrogen-bond donors (Lipinski definition) is 1. The molecule has 0 saturated carbocycles. The summed E-state index contributed by atoms with van der Waals surface area (Å²) in [6.07, 6.45) is 0. The minimum atomic E-state index is -0.0392. The summed E-state index contributed by atoms with van der Waals surface area (Å²) in [5.74, 6) is 0.809. The molecule has 0 bridgehead atoms. The minimum absolute atomic E-state index is 0.0392. The summed E-state index contributed by atoms with van der Waals surface area (Å²) >= 11 is 1.71. The summed E-state index contributed by atoms with van der Waals surface area (Å²) in [6, 6.07) is 15.5. The van der Waals surface area contributed by atoms with Gasteiger partial charge in [-0.25, -0.2) is 0 Å². The summed E-state index contributed by atoms with van der Waals surface area (Å²) in [5, 5.41) is 3.43. The van der Waals surface area contributed by atoms with Crippen molar-refractivity contribution in [2.75, 3.05) is 6.61 Å². The minimum Gasteiger partial charge on any atom is -0.494 e. The molecule has 0 aromatic heterocycles. The van der Waals surface area contributed by atoms with Gasteiger partial charge in [-0.05, 0) is 36.8 Å². The van der Waals surface area contributed by atoms with Crippen molar-refractivity contribution in [1.82, 2.24) is 5.32 Å². The average molecular weight is 329 g/mol. The largest absolute Gasteiger partial charge is 0.494 e. The number of benzene rings is 2. The zero-order valence-corrected chi connectivity index (χ0v) is 14.7. The molecule has 0 spiro atoms. The molecule has 0 heterocycles. The second kappa shape index (κ2) is 8.63. The van der Waals surface area contributed by atoms with E-state index in [-0.39, 0.29) is 5.91 Å². The summed E-state index contributed by atoms with van der Waals surface area (Å²) in [5.41, 5.74) is 1.79. The van der Waals surface area contributed by atoms with Crippen molar-refractivity contribution >= 4 is 17.7 Å². The number of rotatable bonds is 7. The highest BCUT2D eigenvalue weighted by Crippen LogP contribution is 2.26. The van der Waals surface area contributed by atoms with Gasteiger partial charge < -0.3 is 10.1 Å². The molecule has 2 aromatic rings. The molecule has 4 heteroatoms. The van der Waals surface area contributed by atoms with Crippen molar-refractivity contribution in [2.24, 2.45) is 0 Å². The topological polar surface area (TPSA) is 38.3 Å². The number of amides is 1. The van der Waals surface area contributed by atoms with E-state index in [1.165, 1.54) is 0 Å². The van der Waals surface area contributed by atoms with Crippen LogP contribution < -0.4 is 10.1 Å². The van der Waals surface area contributed by atoms with Crippen LogP contribution in [0.1, 0.15) is 36.7 Å². The lowest BCUT2D eigenvalue weighted by atomic mass is 10.2. The van der Waals surface area contributed by atoms with E-state index in [9.17, 15) is 4.79 Å². The Bertz CT molecular complexity index is 638. The fourth-order valence-corrected chi connectivity index (χ4v) is 3.11. The molecule has 0 radical (unpaired) electrons. The number of nitrogens with one attached hydrogen (secondary N) is 1. The molecule has 0 atom stereocenters. The molecule has 3 nitrogen and oxygen atoms in total. The van der Waals surface area contributed by atoms with Gasteiger partial charge in [0.15, 0.2) is 0 Å². The van der Waals surface area contributed by atoms with Gasteiger partial charge in [0.05, 0.1) is 12.2 Å². The van der Waals surface area contributed by atoms with Crippen molar-refractivity contribution < 1.29 is 9.53 Å². The van der Waals surface area contributed by atoms with Gasteiger partial charge >= 0.3 is 0 Å². The van der Waals surface area contributed by atoms with Gasteiger partial charge in [-0.15, -0.1) is 11.8 Å². The van der Waals surface area contributed by atoms with Crippen LogP contribution in [-0.2, 0) is 6.54 Å². The van der Waals surface area contributed by atoms with Crippen molar-refractivity contribution in [1.29, 1.82) is 0 Å². The predicted octanol–water partition coefficient (Wildman–Crippen LogP) is 4.52. The van der Waals surface area contributed by atoms with Crippen LogP contribution in [0.5, 0.6) is 5.75 Å². The van der Waals surface area contributed by atoms with Gasteiger partial charge in [0.1, 0.15) is 5.75 Å². The standard InChI is InChI=1S/C19H23NO2S/c1-4-22-16-11-9-15(10-12-16)13-20-19(21)17-7-5-6-8-18(17)23-14(2)3/h5-12,14H,4,13H2,1-3H3,(H,20,21). The third kappa shape index (κ3) is 5.32. The Kier molecular flexibility index (Phi) is 6.53. The first-order valence-electron chi connectivity index (χ1n) is 7.85. The lowest BCUT2D eigenvalue weighted by Crippen LogP contribution is -2.23. The van der Waals surface area contributed by atoms with Gasteiger partial charge in [-0.2, -0.15) is 0 Å². The van der Waals surface area contributed by atoms with Gasteiger partial charge in [-0.3, -0.25) is 4.79 Å². The molecule has 0 saturated heterocycles. The average Bonchev–Trinajstić information content (AvgIpc) is 2.54. The van der Waals surface area contributed by atoms with Crippen molar-refractivity contribution in [2.45, 2.75) is 37.5 Å². The molecule has 1 amide bonds. The van der Waals surface area contributed by atoms with Crippen LogP contribution in [0.3, 0.4) is 0 Å². The highest BCUT2D eigenvalue weighted by atomic mass is 32.2. The molecule has 122 valence electrons. The van der Waals surface area contributed by atoms with Crippen molar-refractivity contribution in [3.05, 3.63) is 59.7 Å². The number of thioether (sulfide) groups is 1. The number of carbonyl (C=O) groups excluding carboxylic acids is 1. The Morgan fingerprint density at radius 2 is 1.83 bits per heavy atom. The normalized spacial score (nSPS) is 10.6. The summed E-state index contributed by atoms with van der Waals surface area (Å²) in [4.78, 5) is 13.5. The number of carbonyl (C=O) groups is 1. The molecule has 0 fully saturated rings. The Morgan fingerprint density at radius 1 is 1.13 bits per heavy atom.